The van der Waals surface area contributed by atoms with Crippen molar-refractivity contribution in [2.45, 2.75) is 85.8 Å². The van der Waals surface area contributed by atoms with E-state index in [-0.39, 0.29) is 43.7 Å². The standard InChI is InChI=1S/C42H56N2O16S4/c1-41(21-12-28-61(47,48)49)34-30-32(63(53,54)55)17-19-36(34)44(24-13-29-62(50,51)52)38(41)14-8-5-4-6-9-15-39-42(2,22-25-60-27-26-59-3)35-31-33(64(56,57)58)18-20-37(35)43(39)23-11-7-10-16-40(45)46/h4-6,8-9,14-15,17-20,30-31H,7,10-13,16,21-29H2,1-3H3,(H4-,45,46,47,48,49,50,51,52,53,54,55,56,57,58)/p+1. The van der Waals surface area contributed by atoms with Crippen molar-refractivity contribution in [3.05, 3.63) is 95.8 Å². The zero-order chi connectivity index (χ0) is 47.6. The Balaban J connectivity index is 1.74. The van der Waals surface area contributed by atoms with Gasteiger partial charge in [0.2, 0.25) is 5.69 Å². The summed E-state index contributed by atoms with van der Waals surface area (Å²) in [6.45, 7) is 5.20. The van der Waals surface area contributed by atoms with Crippen molar-refractivity contribution in [1.29, 1.82) is 0 Å². The van der Waals surface area contributed by atoms with Crippen LogP contribution in [-0.4, -0.2) is 125 Å². The molecular weight excluding hydrogens is 917 g/mol. The molecular formula is C42H57N2O16S4+. The van der Waals surface area contributed by atoms with Gasteiger partial charge in [-0.2, -0.15) is 38.2 Å². The summed E-state index contributed by atoms with van der Waals surface area (Å²) in [4.78, 5) is 12.5. The average Bonchev–Trinajstić information content (AvgIpc) is 3.55. The summed E-state index contributed by atoms with van der Waals surface area (Å²) in [6.07, 6.45) is 14.3. The molecule has 2 heterocycles. The maximum absolute atomic E-state index is 12.3. The molecule has 0 radical (unpaired) electrons. The summed E-state index contributed by atoms with van der Waals surface area (Å²) < 4.78 is 147. The number of carboxylic acids is 1. The highest BCUT2D eigenvalue weighted by Crippen LogP contribution is 2.51. The lowest BCUT2D eigenvalue weighted by Crippen LogP contribution is -2.32. The number of aliphatic carboxylic acids is 1. The van der Waals surface area contributed by atoms with Gasteiger partial charge >= 0.3 is 5.97 Å². The van der Waals surface area contributed by atoms with Crippen LogP contribution in [0.15, 0.2) is 94.4 Å². The summed E-state index contributed by atoms with van der Waals surface area (Å²) in [5, 5.41) is 9.13. The molecule has 2 aliphatic heterocycles. The minimum absolute atomic E-state index is 0.0254. The molecule has 0 fully saturated rings. The summed E-state index contributed by atoms with van der Waals surface area (Å²) >= 11 is 0. The van der Waals surface area contributed by atoms with E-state index in [0.717, 1.165) is 11.4 Å². The summed E-state index contributed by atoms with van der Waals surface area (Å²) in [5.41, 5.74) is 1.65. The third-order valence-electron chi connectivity index (χ3n) is 11.3. The highest BCUT2D eigenvalue weighted by molar-refractivity contribution is 7.86. The van der Waals surface area contributed by atoms with Crippen LogP contribution in [0.25, 0.3) is 0 Å². The van der Waals surface area contributed by atoms with Crippen LogP contribution >= 0.6 is 0 Å². The summed E-state index contributed by atoms with van der Waals surface area (Å²) in [7, 11) is -16.4. The van der Waals surface area contributed by atoms with E-state index in [2.05, 4.69) is 0 Å². The van der Waals surface area contributed by atoms with Crippen molar-refractivity contribution in [3.63, 3.8) is 0 Å². The Morgan fingerprint density at radius 2 is 1.31 bits per heavy atom. The molecule has 5 N–H and O–H groups in total. The number of fused-ring (bicyclic) bond motifs is 2. The first-order valence-corrected chi connectivity index (χ1v) is 26.5. The Morgan fingerprint density at radius 1 is 0.703 bits per heavy atom. The van der Waals surface area contributed by atoms with Crippen molar-refractivity contribution >= 4 is 63.5 Å². The first-order valence-electron chi connectivity index (χ1n) is 20.4. The van der Waals surface area contributed by atoms with Gasteiger partial charge in [0.25, 0.3) is 40.5 Å². The van der Waals surface area contributed by atoms with Crippen LogP contribution < -0.4 is 4.90 Å². The number of carboxylic acid groups (broad SMARTS) is 1. The molecule has 0 aromatic heterocycles. The van der Waals surface area contributed by atoms with E-state index >= 15 is 0 Å². The minimum atomic E-state index is -4.66. The molecule has 64 heavy (non-hydrogen) atoms. The summed E-state index contributed by atoms with van der Waals surface area (Å²) in [6, 6.07) is 8.33. The Labute approximate surface area is 375 Å². The number of methoxy groups -OCH3 is 1. The van der Waals surface area contributed by atoms with Crippen molar-refractivity contribution in [2.24, 2.45) is 0 Å². The topological polar surface area (TPSA) is 279 Å². The van der Waals surface area contributed by atoms with Gasteiger partial charge in [0.15, 0.2) is 5.71 Å². The second-order valence-electron chi connectivity index (χ2n) is 15.9. The van der Waals surface area contributed by atoms with E-state index in [1.54, 1.807) is 61.1 Å². The van der Waals surface area contributed by atoms with Gasteiger partial charge in [-0.15, -0.1) is 0 Å². The lowest BCUT2D eigenvalue weighted by molar-refractivity contribution is -0.437. The average molecular weight is 974 g/mol. The second-order valence-corrected chi connectivity index (χ2v) is 21.9. The van der Waals surface area contributed by atoms with E-state index in [1.165, 1.54) is 30.3 Å². The number of ether oxygens (including phenoxy) is 2. The molecule has 2 atom stereocenters. The maximum atomic E-state index is 12.3. The van der Waals surface area contributed by atoms with Crippen molar-refractivity contribution in [3.8, 4) is 0 Å². The number of benzene rings is 2. The van der Waals surface area contributed by atoms with Gasteiger partial charge in [-0.1, -0.05) is 36.8 Å². The Kier molecular flexibility index (Phi) is 18.0. The Hall–Kier alpha value is -4.10. The molecule has 18 nitrogen and oxygen atoms in total. The van der Waals surface area contributed by atoms with E-state index in [1.807, 2.05) is 17.9 Å². The zero-order valence-corrected chi connectivity index (χ0v) is 39.1. The molecule has 354 valence electrons. The van der Waals surface area contributed by atoms with Crippen LogP contribution in [0.2, 0.25) is 0 Å². The van der Waals surface area contributed by atoms with Gasteiger partial charge in [0.05, 0.1) is 39.9 Å². The maximum Gasteiger partial charge on any atom is 0.303 e. The van der Waals surface area contributed by atoms with Crippen LogP contribution in [0.1, 0.15) is 76.3 Å². The molecule has 2 aromatic carbocycles. The largest absolute Gasteiger partial charge is 0.481 e. The van der Waals surface area contributed by atoms with Crippen LogP contribution in [0.3, 0.4) is 0 Å². The Morgan fingerprint density at radius 3 is 1.94 bits per heavy atom. The second kappa shape index (κ2) is 21.9. The number of carbonyl (C=O) groups is 1. The molecule has 0 saturated carbocycles. The van der Waals surface area contributed by atoms with Crippen LogP contribution in [0.5, 0.6) is 0 Å². The van der Waals surface area contributed by atoms with Gasteiger partial charge in [0.1, 0.15) is 6.54 Å². The normalized spacial score (nSPS) is 20.1. The molecule has 0 amide bonds. The fraction of sp³-hybridized carbons (Fsp3) is 0.476. The van der Waals surface area contributed by atoms with Crippen LogP contribution in [-0.2, 0) is 65.6 Å². The predicted octanol–water partition coefficient (Wildman–Crippen LogP) is 5.51. The van der Waals surface area contributed by atoms with Crippen LogP contribution in [0, 0.1) is 0 Å². The first kappa shape index (κ1) is 52.5. The van der Waals surface area contributed by atoms with E-state index in [9.17, 15) is 56.7 Å². The fourth-order valence-electron chi connectivity index (χ4n) is 8.13. The van der Waals surface area contributed by atoms with Crippen molar-refractivity contribution < 1.29 is 75.8 Å². The van der Waals surface area contributed by atoms with E-state index < -0.39 is 73.7 Å². The summed E-state index contributed by atoms with van der Waals surface area (Å²) in [5.74, 6) is -2.06. The Bertz CT molecular complexity index is 2640. The fourth-order valence-corrected chi connectivity index (χ4v) is 10.2. The number of nitrogens with zero attached hydrogens (tertiary/aromatic N) is 2. The quantitative estimate of drug-likeness (QED) is 0.0336. The number of rotatable bonds is 26. The number of hydrogen-bond donors (Lipinski definition) is 5. The highest BCUT2D eigenvalue weighted by atomic mass is 32.2. The molecule has 0 aliphatic carbocycles. The zero-order valence-electron chi connectivity index (χ0n) is 35.9. The van der Waals surface area contributed by atoms with Gasteiger partial charge in [-0.25, -0.2) is 0 Å². The van der Waals surface area contributed by atoms with Gasteiger partial charge in [0, 0.05) is 67.6 Å². The third kappa shape index (κ3) is 14.2. The van der Waals surface area contributed by atoms with Crippen LogP contribution in [0.4, 0.5) is 11.4 Å². The highest BCUT2D eigenvalue weighted by Gasteiger charge is 2.48. The number of allylic oxidation sites excluding steroid dienone is 8. The lowest BCUT2D eigenvalue weighted by atomic mass is 9.76. The van der Waals surface area contributed by atoms with Gasteiger partial charge in [-0.3, -0.25) is 23.0 Å². The molecule has 22 heteroatoms. The first-order chi connectivity index (χ1) is 29.8. The minimum Gasteiger partial charge on any atom is -0.481 e. The molecule has 0 bridgehead atoms. The predicted molar refractivity (Wildman–Crippen MR) is 240 cm³/mol. The smallest absolute Gasteiger partial charge is 0.303 e. The molecule has 2 unspecified atom stereocenters. The molecule has 0 spiro atoms. The molecule has 0 saturated heterocycles. The van der Waals surface area contributed by atoms with Gasteiger partial charge in [-0.05, 0) is 87.9 Å². The van der Waals surface area contributed by atoms with Crippen molar-refractivity contribution in [1.82, 2.24) is 0 Å². The van der Waals surface area contributed by atoms with Gasteiger partial charge < -0.3 is 19.5 Å². The lowest BCUT2D eigenvalue weighted by Gasteiger charge is -2.30. The number of hydrogen-bond acceptors (Lipinski definition) is 12. The third-order valence-corrected chi connectivity index (χ3v) is 14.6. The number of anilines is 1. The van der Waals surface area contributed by atoms with E-state index in [0.29, 0.717) is 68.0 Å². The molecule has 2 aliphatic rings. The van der Waals surface area contributed by atoms with Crippen molar-refractivity contribution in [2.75, 3.05) is 56.4 Å². The number of unbranched alkanes of at least 4 members (excludes halogenated alkanes) is 2. The van der Waals surface area contributed by atoms with E-state index in [4.69, 9.17) is 14.6 Å². The molecule has 2 aromatic rings. The SMILES string of the molecule is COCCOCCC1(C)C(=CC=CC=CC=CC2=[N+](CCCS(=O)(=O)O)c3ccc(S(=O)(=O)O)cc3C2(C)CCCS(=O)(=O)O)N(CCCCCC(=O)O)c2ccc(S(=O)(=O)O)cc21. The monoisotopic (exact) mass is 973 g/mol. The molecule has 4 rings (SSSR count).